The Hall–Kier alpha value is -4.52. The van der Waals surface area contributed by atoms with Crippen LogP contribution in [0.5, 0.6) is 0 Å². The highest BCUT2D eigenvalue weighted by Crippen LogP contribution is 2.63. The van der Waals surface area contributed by atoms with Crippen LogP contribution in [0.3, 0.4) is 0 Å². The second-order valence-electron chi connectivity index (χ2n) is 12.7. The van der Waals surface area contributed by atoms with Crippen molar-refractivity contribution in [1.82, 2.24) is 34.7 Å². The van der Waals surface area contributed by atoms with Crippen molar-refractivity contribution in [2.24, 2.45) is 11.8 Å². The number of urea groups is 1. The zero-order valence-electron chi connectivity index (χ0n) is 24.0. The summed E-state index contributed by atoms with van der Waals surface area (Å²) in [6.07, 6.45) is 3.94. The molecule has 13 nitrogen and oxygen atoms in total. The summed E-state index contributed by atoms with van der Waals surface area (Å²) in [5.41, 5.74) is 3.72. The van der Waals surface area contributed by atoms with E-state index < -0.39 is 23.5 Å². The second-order valence-corrected chi connectivity index (χ2v) is 12.7. The first-order valence-electron chi connectivity index (χ1n) is 14.8. The average molecular weight is 584 g/mol. The SMILES string of the molecule is Cc1cc(N2CC[C@](C)(c3ccccc3)C2)cn2nc(C34CC(CO3)C4c3nc(NC(=O)N4CC(C(=O)O)C4)n[nH]3)nc12. The first kappa shape index (κ1) is 26.1. The van der Waals surface area contributed by atoms with Crippen LogP contribution in [0, 0.1) is 18.8 Å². The van der Waals surface area contributed by atoms with E-state index in [1.807, 2.05) is 4.52 Å². The van der Waals surface area contributed by atoms with Gasteiger partial charge >= 0.3 is 12.0 Å². The number of carboxylic acid groups (broad SMARTS) is 1. The summed E-state index contributed by atoms with van der Waals surface area (Å²) in [6, 6.07) is 12.5. The Bertz CT molecular complexity index is 1740. The van der Waals surface area contributed by atoms with Crippen LogP contribution in [0.25, 0.3) is 5.65 Å². The lowest BCUT2D eigenvalue weighted by Gasteiger charge is -2.41. The van der Waals surface area contributed by atoms with E-state index in [9.17, 15) is 9.59 Å². The van der Waals surface area contributed by atoms with Gasteiger partial charge in [-0.2, -0.15) is 4.98 Å². The number of likely N-dealkylation sites (tertiary alicyclic amines) is 1. The summed E-state index contributed by atoms with van der Waals surface area (Å²) in [5, 5.41) is 23.9. The molecule has 4 aliphatic heterocycles. The summed E-state index contributed by atoms with van der Waals surface area (Å²) in [4.78, 5) is 36.9. The Balaban J connectivity index is 1.02. The minimum Gasteiger partial charge on any atom is -0.481 e. The first-order valence-corrected chi connectivity index (χ1v) is 14.8. The molecule has 1 saturated carbocycles. The van der Waals surface area contributed by atoms with Gasteiger partial charge in [-0.25, -0.2) is 14.3 Å². The van der Waals surface area contributed by atoms with E-state index in [-0.39, 0.29) is 36.3 Å². The van der Waals surface area contributed by atoms with Crippen molar-refractivity contribution in [2.75, 3.05) is 43.0 Å². The molecule has 0 spiro atoms. The molecule has 4 atom stereocenters. The zero-order valence-corrected chi connectivity index (χ0v) is 24.0. The Labute approximate surface area is 247 Å². The molecule has 9 rings (SSSR count). The van der Waals surface area contributed by atoms with Crippen LogP contribution < -0.4 is 10.2 Å². The number of ether oxygens (including phenoxy) is 1. The maximum atomic E-state index is 12.5. The third-order valence-corrected chi connectivity index (χ3v) is 9.92. The van der Waals surface area contributed by atoms with Crippen molar-refractivity contribution in [2.45, 2.75) is 43.6 Å². The Morgan fingerprint density at radius 1 is 1.19 bits per heavy atom. The van der Waals surface area contributed by atoms with Gasteiger partial charge in [0.1, 0.15) is 11.4 Å². The van der Waals surface area contributed by atoms with Gasteiger partial charge < -0.3 is 19.6 Å². The molecule has 3 unspecified atom stereocenters. The summed E-state index contributed by atoms with van der Waals surface area (Å²) >= 11 is 0. The number of aromatic nitrogens is 6. The van der Waals surface area contributed by atoms with Gasteiger partial charge in [-0.05, 0) is 42.9 Å². The highest BCUT2D eigenvalue weighted by atomic mass is 16.5. The molecule has 2 bridgehead atoms. The smallest absolute Gasteiger partial charge is 0.324 e. The van der Waals surface area contributed by atoms with Gasteiger partial charge in [-0.15, -0.1) is 10.2 Å². The number of benzene rings is 1. The standard InChI is InChI=1S/C30H33N9O4/c1-17-10-21(37-9-8-29(2,16-37)20-6-4-3-5-7-20)14-39-24(17)32-26(36-39)30-11-18(15-43-30)22(30)23-31-27(35-34-23)33-28(42)38-12-19(13-38)25(40)41/h3-7,10,14,18-19,22H,8-9,11-13,15-16H2,1-2H3,(H,40,41)(H2,31,33,34,35,42)/t18?,22?,29-,30?/m0/s1. The molecule has 1 aromatic carbocycles. The summed E-state index contributed by atoms with van der Waals surface area (Å²) < 4.78 is 8.22. The number of nitrogens with zero attached hydrogens (tertiary/aromatic N) is 7. The van der Waals surface area contributed by atoms with E-state index >= 15 is 0 Å². The number of rotatable bonds is 6. The molecule has 2 amide bonds. The monoisotopic (exact) mass is 583 g/mol. The Morgan fingerprint density at radius 2 is 2.00 bits per heavy atom. The number of hydrogen-bond donors (Lipinski definition) is 3. The Kier molecular flexibility index (Phi) is 5.61. The number of aromatic amines is 1. The van der Waals surface area contributed by atoms with Crippen molar-refractivity contribution in [3.63, 3.8) is 0 Å². The molecule has 0 radical (unpaired) electrons. The summed E-state index contributed by atoms with van der Waals surface area (Å²) in [5.74, 6) is 0.0912. The van der Waals surface area contributed by atoms with Crippen molar-refractivity contribution in [1.29, 1.82) is 0 Å². The number of hydrogen-bond acceptors (Lipinski definition) is 8. The fraction of sp³-hybridized carbons (Fsp3) is 0.467. The average Bonchev–Trinajstić information content (AvgIpc) is 3.76. The lowest BCUT2D eigenvalue weighted by atomic mass is 9.63. The molecule has 4 aromatic rings. The minimum absolute atomic E-state index is 0.0913. The maximum Gasteiger partial charge on any atom is 0.324 e. The van der Waals surface area contributed by atoms with Crippen molar-refractivity contribution >= 4 is 29.3 Å². The number of pyridine rings is 1. The molecule has 1 aliphatic carbocycles. The molecule has 3 aromatic heterocycles. The lowest BCUT2D eigenvalue weighted by Crippen LogP contribution is -2.54. The molecule has 13 heteroatoms. The number of fused-ring (bicyclic) bond motifs is 2. The molecule has 5 fully saturated rings. The number of carboxylic acids is 1. The van der Waals surface area contributed by atoms with E-state index in [2.05, 4.69) is 81.8 Å². The van der Waals surface area contributed by atoms with Gasteiger partial charge in [0, 0.05) is 31.6 Å². The molecular formula is C30H33N9O4. The van der Waals surface area contributed by atoms with E-state index in [0.29, 0.717) is 18.3 Å². The third kappa shape index (κ3) is 4.01. The van der Waals surface area contributed by atoms with Crippen LogP contribution in [-0.2, 0) is 20.5 Å². The minimum atomic E-state index is -0.899. The molecule has 222 valence electrons. The highest BCUT2D eigenvalue weighted by Gasteiger charge is 2.66. The molecule has 43 heavy (non-hydrogen) atoms. The number of carbonyl (C=O) groups is 2. The van der Waals surface area contributed by atoms with E-state index in [4.69, 9.17) is 19.9 Å². The van der Waals surface area contributed by atoms with E-state index in [0.717, 1.165) is 42.8 Å². The zero-order chi connectivity index (χ0) is 29.5. The van der Waals surface area contributed by atoms with Gasteiger partial charge in [0.25, 0.3) is 0 Å². The Morgan fingerprint density at radius 3 is 2.77 bits per heavy atom. The number of nitrogens with one attached hydrogen (secondary N) is 2. The maximum absolute atomic E-state index is 12.5. The van der Waals surface area contributed by atoms with Gasteiger partial charge in [0.05, 0.1) is 30.3 Å². The predicted octanol–water partition coefficient (Wildman–Crippen LogP) is 2.90. The summed E-state index contributed by atoms with van der Waals surface area (Å²) in [6.45, 7) is 7.23. The topological polar surface area (TPSA) is 154 Å². The fourth-order valence-electron chi connectivity index (χ4n) is 7.34. The predicted molar refractivity (Wildman–Crippen MR) is 155 cm³/mol. The molecule has 3 N–H and O–H groups in total. The van der Waals surface area contributed by atoms with Crippen LogP contribution >= 0.6 is 0 Å². The second kappa shape index (κ2) is 9.24. The van der Waals surface area contributed by atoms with Crippen molar-refractivity contribution < 1.29 is 19.4 Å². The van der Waals surface area contributed by atoms with Crippen molar-refractivity contribution in [3.8, 4) is 0 Å². The number of anilines is 2. The van der Waals surface area contributed by atoms with Gasteiger partial charge in [0.2, 0.25) is 5.95 Å². The number of carbonyl (C=O) groups excluding carboxylic acids is 1. The van der Waals surface area contributed by atoms with Crippen LogP contribution in [0.15, 0.2) is 42.6 Å². The fourth-order valence-corrected chi connectivity index (χ4v) is 7.34. The molecule has 7 heterocycles. The quantitative estimate of drug-likeness (QED) is 0.311. The lowest BCUT2D eigenvalue weighted by molar-refractivity contribution is -0.145. The van der Waals surface area contributed by atoms with Crippen LogP contribution in [0.2, 0.25) is 0 Å². The normalized spacial score (nSPS) is 28.2. The molecule has 4 saturated heterocycles. The third-order valence-electron chi connectivity index (χ3n) is 9.92. The van der Waals surface area contributed by atoms with Gasteiger partial charge in [-0.1, -0.05) is 37.3 Å². The number of H-pyrrole nitrogens is 1. The first-order chi connectivity index (χ1) is 20.7. The van der Waals surface area contributed by atoms with Gasteiger partial charge in [0.15, 0.2) is 11.5 Å². The van der Waals surface area contributed by atoms with E-state index in [1.54, 1.807) is 0 Å². The van der Waals surface area contributed by atoms with Crippen LogP contribution in [-0.4, -0.2) is 84.6 Å². The van der Waals surface area contributed by atoms with Crippen LogP contribution in [0.1, 0.15) is 48.5 Å². The largest absolute Gasteiger partial charge is 0.481 e. The summed E-state index contributed by atoms with van der Waals surface area (Å²) in [7, 11) is 0. The molecule has 5 aliphatic rings. The molecular weight excluding hydrogens is 550 g/mol. The highest BCUT2D eigenvalue weighted by molar-refractivity contribution is 5.89. The van der Waals surface area contributed by atoms with E-state index in [1.165, 1.54) is 10.5 Å². The number of aryl methyl sites for hydroxylation is 1. The van der Waals surface area contributed by atoms with Crippen LogP contribution in [0.4, 0.5) is 16.4 Å². The number of amides is 2. The number of aliphatic carboxylic acids is 1. The van der Waals surface area contributed by atoms with Gasteiger partial charge in [-0.3, -0.25) is 15.2 Å². The van der Waals surface area contributed by atoms with Crippen molar-refractivity contribution in [3.05, 3.63) is 65.4 Å².